The number of nitrogens with zero attached hydrogens (tertiary/aromatic N) is 2. The average Bonchev–Trinajstić information content (AvgIpc) is 2.96. The number of anilines is 1. The fraction of sp³-hybridized carbons (Fsp3) is 0.375. The number of sulfonamides is 1. The van der Waals surface area contributed by atoms with Crippen molar-refractivity contribution in [1.82, 2.24) is 10.2 Å². The fourth-order valence-electron chi connectivity index (χ4n) is 4.36. The summed E-state index contributed by atoms with van der Waals surface area (Å²) in [6.45, 7) is 10.3. The highest BCUT2D eigenvalue weighted by atomic mass is 32.2. The van der Waals surface area contributed by atoms with Gasteiger partial charge < -0.3 is 15.0 Å². The minimum Gasteiger partial charge on any atom is -0.494 e. The van der Waals surface area contributed by atoms with Crippen molar-refractivity contribution in [2.45, 2.75) is 58.5 Å². The number of carbonyl (C=O) groups is 2. The first-order chi connectivity index (χ1) is 19.6. The lowest BCUT2D eigenvalue weighted by molar-refractivity contribution is -0.140. The quantitative estimate of drug-likeness (QED) is 0.284. The smallest absolute Gasteiger partial charge is 0.264 e. The average molecular weight is 580 g/mol. The molecule has 0 spiro atoms. The molecule has 1 N–H and O–H groups in total. The molecule has 0 aromatic heterocycles. The number of benzene rings is 3. The van der Waals surface area contributed by atoms with Gasteiger partial charge in [0.15, 0.2) is 0 Å². The molecule has 2 amide bonds. The third-order valence-corrected chi connectivity index (χ3v) is 8.38. The van der Waals surface area contributed by atoms with E-state index >= 15 is 0 Å². The summed E-state index contributed by atoms with van der Waals surface area (Å²) in [5, 5.41) is 2.94. The summed E-state index contributed by atoms with van der Waals surface area (Å²) in [6.07, 6.45) is 0.371. The van der Waals surface area contributed by atoms with E-state index in [0.29, 0.717) is 31.0 Å². The maximum atomic E-state index is 14.1. The summed E-state index contributed by atoms with van der Waals surface area (Å²) in [5.74, 6) is 0.0862. The highest BCUT2D eigenvalue weighted by Crippen LogP contribution is 2.27. The van der Waals surface area contributed by atoms with Crippen molar-refractivity contribution >= 4 is 27.5 Å². The molecule has 0 aliphatic carbocycles. The van der Waals surface area contributed by atoms with Gasteiger partial charge >= 0.3 is 0 Å². The summed E-state index contributed by atoms with van der Waals surface area (Å²) in [6, 6.07) is 21.6. The van der Waals surface area contributed by atoms with Crippen LogP contribution in [0.4, 0.5) is 5.69 Å². The van der Waals surface area contributed by atoms with Crippen LogP contribution in [0.5, 0.6) is 5.75 Å². The van der Waals surface area contributed by atoms with Gasteiger partial charge in [-0.1, -0.05) is 68.8 Å². The number of carbonyl (C=O) groups excluding carboxylic acids is 2. The molecule has 41 heavy (non-hydrogen) atoms. The van der Waals surface area contributed by atoms with Crippen LogP contribution < -0.4 is 14.4 Å². The van der Waals surface area contributed by atoms with Crippen molar-refractivity contribution < 1.29 is 22.7 Å². The van der Waals surface area contributed by atoms with Gasteiger partial charge in [0.1, 0.15) is 18.3 Å². The van der Waals surface area contributed by atoms with E-state index in [1.807, 2.05) is 58.9 Å². The van der Waals surface area contributed by atoms with Crippen LogP contribution in [0.25, 0.3) is 0 Å². The SMILES string of the molecule is CCOc1ccc(N(CC(=O)N(Cc2ccc(C)cc2)C(CC)C(=O)NCC(C)C)S(=O)(=O)c2ccccc2)cc1. The van der Waals surface area contributed by atoms with E-state index in [1.165, 1.54) is 17.0 Å². The minimum atomic E-state index is -4.12. The van der Waals surface area contributed by atoms with E-state index in [9.17, 15) is 18.0 Å². The standard InChI is InChI=1S/C32H41N3O5S/c1-6-30(32(37)33-21-24(3)4)34(22-26-15-13-25(5)14-16-26)31(36)23-35(27-17-19-28(20-18-27)40-7-2)41(38,39)29-11-9-8-10-12-29/h8-20,24,30H,6-7,21-23H2,1-5H3,(H,33,37). The Morgan fingerprint density at radius 3 is 2.10 bits per heavy atom. The second kappa shape index (κ2) is 14.7. The van der Waals surface area contributed by atoms with Crippen molar-refractivity contribution in [3.05, 3.63) is 90.0 Å². The van der Waals surface area contributed by atoms with E-state index in [4.69, 9.17) is 4.74 Å². The van der Waals surface area contributed by atoms with Crippen molar-refractivity contribution in [3.8, 4) is 5.75 Å². The lowest BCUT2D eigenvalue weighted by atomic mass is 10.1. The minimum absolute atomic E-state index is 0.0634. The van der Waals surface area contributed by atoms with Crippen LogP contribution in [-0.2, 0) is 26.2 Å². The summed E-state index contributed by atoms with van der Waals surface area (Å²) < 4.78 is 34.4. The van der Waals surface area contributed by atoms with Crippen LogP contribution >= 0.6 is 0 Å². The van der Waals surface area contributed by atoms with Gasteiger partial charge in [0.2, 0.25) is 11.8 Å². The molecule has 220 valence electrons. The molecule has 9 heteroatoms. The molecule has 3 aromatic rings. The second-order valence-corrected chi connectivity index (χ2v) is 12.2. The molecule has 0 fully saturated rings. The second-order valence-electron chi connectivity index (χ2n) is 10.3. The Hall–Kier alpha value is -3.85. The molecule has 1 unspecified atom stereocenters. The highest BCUT2D eigenvalue weighted by Gasteiger charge is 2.33. The van der Waals surface area contributed by atoms with Crippen LogP contribution in [-0.4, -0.2) is 50.9 Å². The zero-order valence-electron chi connectivity index (χ0n) is 24.5. The summed E-state index contributed by atoms with van der Waals surface area (Å²) in [4.78, 5) is 28.9. The molecule has 3 rings (SSSR count). The third kappa shape index (κ3) is 8.57. The molecule has 0 heterocycles. The first-order valence-electron chi connectivity index (χ1n) is 14.0. The number of amides is 2. The first-order valence-corrected chi connectivity index (χ1v) is 15.4. The molecular weight excluding hydrogens is 538 g/mol. The molecule has 0 bridgehead atoms. The van der Waals surface area contributed by atoms with E-state index in [-0.39, 0.29) is 23.3 Å². The van der Waals surface area contributed by atoms with Gasteiger partial charge in [0.05, 0.1) is 17.2 Å². The molecule has 3 aromatic carbocycles. The first kappa shape index (κ1) is 31.7. The van der Waals surface area contributed by atoms with Crippen LogP contribution in [0.15, 0.2) is 83.8 Å². The molecule has 1 atom stereocenters. The molecule has 0 aliphatic heterocycles. The lowest BCUT2D eigenvalue weighted by Gasteiger charge is -2.33. The van der Waals surface area contributed by atoms with Gasteiger partial charge in [-0.25, -0.2) is 8.42 Å². The number of nitrogens with one attached hydrogen (secondary N) is 1. The van der Waals surface area contributed by atoms with E-state index in [0.717, 1.165) is 15.4 Å². The van der Waals surface area contributed by atoms with Crippen molar-refractivity contribution in [1.29, 1.82) is 0 Å². The van der Waals surface area contributed by atoms with Crippen LogP contribution in [0, 0.1) is 12.8 Å². The molecule has 8 nitrogen and oxygen atoms in total. The van der Waals surface area contributed by atoms with E-state index in [2.05, 4.69) is 5.32 Å². The Balaban J connectivity index is 2.03. The van der Waals surface area contributed by atoms with Crippen molar-refractivity contribution in [3.63, 3.8) is 0 Å². The third-order valence-electron chi connectivity index (χ3n) is 6.59. The number of aryl methyl sites for hydroxylation is 1. The maximum absolute atomic E-state index is 14.1. The van der Waals surface area contributed by atoms with Crippen LogP contribution in [0.3, 0.4) is 0 Å². The zero-order chi connectivity index (χ0) is 30.0. The number of rotatable bonds is 14. The van der Waals surface area contributed by atoms with Gasteiger partial charge in [-0.2, -0.15) is 0 Å². The molecule has 0 radical (unpaired) electrons. The van der Waals surface area contributed by atoms with Crippen LogP contribution in [0.1, 0.15) is 45.2 Å². The van der Waals surface area contributed by atoms with Crippen molar-refractivity contribution in [2.75, 3.05) is 24.0 Å². The normalized spacial score (nSPS) is 12.0. The van der Waals surface area contributed by atoms with Gasteiger partial charge in [-0.15, -0.1) is 0 Å². The Bertz CT molecular complexity index is 1380. The number of hydrogen-bond acceptors (Lipinski definition) is 5. The summed E-state index contributed by atoms with van der Waals surface area (Å²) in [7, 11) is -4.12. The molecule has 0 aliphatic rings. The Morgan fingerprint density at radius 2 is 1.54 bits per heavy atom. The highest BCUT2D eigenvalue weighted by molar-refractivity contribution is 7.92. The lowest BCUT2D eigenvalue weighted by Crippen LogP contribution is -2.52. The Kier molecular flexibility index (Phi) is 11.3. The predicted molar refractivity (Wildman–Crippen MR) is 162 cm³/mol. The largest absolute Gasteiger partial charge is 0.494 e. The number of hydrogen-bond donors (Lipinski definition) is 1. The maximum Gasteiger partial charge on any atom is 0.264 e. The van der Waals surface area contributed by atoms with E-state index < -0.39 is 28.5 Å². The van der Waals surface area contributed by atoms with Crippen LogP contribution in [0.2, 0.25) is 0 Å². The topological polar surface area (TPSA) is 96.0 Å². The molecule has 0 saturated carbocycles. The zero-order valence-corrected chi connectivity index (χ0v) is 25.4. The monoisotopic (exact) mass is 579 g/mol. The fourth-order valence-corrected chi connectivity index (χ4v) is 5.79. The predicted octanol–water partition coefficient (Wildman–Crippen LogP) is 5.17. The molecular formula is C32H41N3O5S. The van der Waals surface area contributed by atoms with Crippen molar-refractivity contribution in [2.24, 2.45) is 5.92 Å². The Labute approximate surface area is 244 Å². The van der Waals surface area contributed by atoms with Gasteiger partial charge in [0.25, 0.3) is 10.0 Å². The van der Waals surface area contributed by atoms with E-state index in [1.54, 1.807) is 42.5 Å². The van der Waals surface area contributed by atoms with Gasteiger partial charge in [-0.3, -0.25) is 13.9 Å². The summed E-state index contributed by atoms with van der Waals surface area (Å²) in [5.41, 5.74) is 2.24. The van der Waals surface area contributed by atoms with Gasteiger partial charge in [-0.05, 0) is 68.1 Å². The molecule has 0 saturated heterocycles. The number of ether oxygens (including phenoxy) is 1. The van der Waals surface area contributed by atoms with Gasteiger partial charge in [0, 0.05) is 13.1 Å². The Morgan fingerprint density at radius 1 is 0.902 bits per heavy atom. The summed E-state index contributed by atoms with van der Waals surface area (Å²) >= 11 is 0.